The Bertz CT molecular complexity index is 860. The van der Waals surface area contributed by atoms with E-state index in [1.54, 1.807) is 0 Å². The third kappa shape index (κ3) is 6.80. The molecule has 0 aromatic heterocycles. The fraction of sp³-hybridized carbons (Fsp3) is 0.483. The lowest BCUT2D eigenvalue weighted by Gasteiger charge is -2.29. The molecule has 0 bridgehead atoms. The number of esters is 1. The summed E-state index contributed by atoms with van der Waals surface area (Å²) < 4.78 is 5.28. The van der Waals surface area contributed by atoms with Crippen LogP contribution < -0.4 is 0 Å². The van der Waals surface area contributed by atoms with Gasteiger partial charge in [0.05, 0.1) is 13.2 Å². The number of ether oxygens (including phenoxy) is 1. The first kappa shape index (κ1) is 24.3. The summed E-state index contributed by atoms with van der Waals surface area (Å²) >= 11 is 0. The van der Waals surface area contributed by atoms with Crippen LogP contribution in [-0.4, -0.2) is 17.7 Å². The standard InChI is InChI=1S/C29H38O3/c1-3-5-6-7-22-8-12-24(13-9-22)26-16-17-28(25-14-10-23(21-30)11-15-25)27(20-26)18-19-32-29(31)4-2/h4,10-11,14-17,20,22,24,30H,2-3,5-9,12-13,18-19,21H2,1H3. The molecule has 0 saturated heterocycles. The Balaban J connectivity index is 1.74. The molecule has 0 aliphatic heterocycles. The van der Waals surface area contributed by atoms with E-state index in [0.717, 1.165) is 17.0 Å². The normalized spacial score (nSPS) is 18.3. The van der Waals surface area contributed by atoms with E-state index < -0.39 is 0 Å². The Kier molecular flexibility index (Phi) is 9.55. The summed E-state index contributed by atoms with van der Waals surface area (Å²) in [6.07, 6.45) is 12.5. The molecular weight excluding hydrogens is 396 g/mol. The second kappa shape index (κ2) is 12.6. The SMILES string of the molecule is C=CC(=O)OCCc1cc(C2CCC(CCCCC)CC2)ccc1-c1ccc(CO)cc1. The van der Waals surface area contributed by atoms with Gasteiger partial charge in [-0.25, -0.2) is 4.79 Å². The second-order valence-corrected chi connectivity index (χ2v) is 9.11. The maximum Gasteiger partial charge on any atom is 0.330 e. The molecule has 0 amide bonds. The zero-order valence-electron chi connectivity index (χ0n) is 19.5. The summed E-state index contributed by atoms with van der Waals surface area (Å²) in [6.45, 7) is 6.15. The molecule has 0 spiro atoms. The Hall–Kier alpha value is -2.39. The molecule has 0 radical (unpaired) electrons. The largest absolute Gasteiger partial charge is 0.462 e. The molecule has 3 nitrogen and oxygen atoms in total. The summed E-state index contributed by atoms with van der Waals surface area (Å²) in [5, 5.41) is 9.35. The number of aliphatic hydroxyl groups is 1. The highest BCUT2D eigenvalue weighted by atomic mass is 16.5. The fourth-order valence-electron chi connectivity index (χ4n) is 4.93. The van der Waals surface area contributed by atoms with Gasteiger partial charge in [0.1, 0.15) is 0 Å². The van der Waals surface area contributed by atoms with Crippen molar-refractivity contribution >= 4 is 5.97 Å². The van der Waals surface area contributed by atoms with Crippen LogP contribution in [0, 0.1) is 5.92 Å². The smallest absolute Gasteiger partial charge is 0.330 e. The molecule has 172 valence electrons. The highest BCUT2D eigenvalue weighted by Crippen LogP contribution is 2.39. The third-order valence-corrected chi connectivity index (χ3v) is 6.89. The lowest BCUT2D eigenvalue weighted by Crippen LogP contribution is -2.14. The van der Waals surface area contributed by atoms with Crippen molar-refractivity contribution in [3.63, 3.8) is 0 Å². The Morgan fingerprint density at radius 1 is 1.09 bits per heavy atom. The monoisotopic (exact) mass is 434 g/mol. The first-order valence-electron chi connectivity index (χ1n) is 12.3. The van der Waals surface area contributed by atoms with Crippen LogP contribution in [-0.2, 0) is 22.6 Å². The van der Waals surface area contributed by atoms with Gasteiger partial charge < -0.3 is 9.84 Å². The van der Waals surface area contributed by atoms with Crippen molar-refractivity contribution in [3.05, 3.63) is 71.8 Å². The number of aliphatic hydroxyl groups excluding tert-OH is 1. The minimum atomic E-state index is -0.378. The molecule has 2 aromatic carbocycles. The van der Waals surface area contributed by atoms with E-state index >= 15 is 0 Å². The van der Waals surface area contributed by atoms with Gasteiger partial charge in [-0.1, -0.05) is 81.7 Å². The molecule has 2 aromatic rings. The third-order valence-electron chi connectivity index (χ3n) is 6.89. The van der Waals surface area contributed by atoms with Gasteiger partial charge in [-0.05, 0) is 65.3 Å². The van der Waals surface area contributed by atoms with Gasteiger partial charge in [-0.3, -0.25) is 0 Å². The van der Waals surface area contributed by atoms with Crippen molar-refractivity contribution in [2.75, 3.05) is 6.61 Å². The zero-order valence-corrected chi connectivity index (χ0v) is 19.5. The van der Waals surface area contributed by atoms with Gasteiger partial charge in [-0.2, -0.15) is 0 Å². The molecule has 1 N–H and O–H groups in total. The summed E-state index contributed by atoms with van der Waals surface area (Å²) in [7, 11) is 0. The van der Waals surface area contributed by atoms with Crippen molar-refractivity contribution in [3.8, 4) is 11.1 Å². The number of carbonyl (C=O) groups excluding carboxylic acids is 1. The number of carbonyl (C=O) groups is 1. The molecule has 1 aliphatic carbocycles. The van der Waals surface area contributed by atoms with Gasteiger partial charge in [0.15, 0.2) is 0 Å². The molecular formula is C29H38O3. The molecule has 3 heteroatoms. The lowest BCUT2D eigenvalue weighted by atomic mass is 9.76. The summed E-state index contributed by atoms with van der Waals surface area (Å²) in [6, 6.07) is 14.9. The van der Waals surface area contributed by atoms with Crippen LogP contribution in [0.15, 0.2) is 55.1 Å². The highest BCUT2D eigenvalue weighted by Gasteiger charge is 2.23. The van der Waals surface area contributed by atoms with E-state index in [1.165, 1.54) is 74.1 Å². The topological polar surface area (TPSA) is 46.5 Å². The van der Waals surface area contributed by atoms with Crippen molar-refractivity contribution in [2.24, 2.45) is 5.92 Å². The minimum absolute atomic E-state index is 0.0463. The van der Waals surface area contributed by atoms with Gasteiger partial charge in [-0.15, -0.1) is 0 Å². The van der Waals surface area contributed by atoms with Crippen molar-refractivity contribution in [1.29, 1.82) is 0 Å². The van der Waals surface area contributed by atoms with Crippen LogP contribution in [0.1, 0.15) is 80.9 Å². The number of hydrogen-bond acceptors (Lipinski definition) is 3. The van der Waals surface area contributed by atoms with Gasteiger partial charge in [0.2, 0.25) is 0 Å². The van der Waals surface area contributed by atoms with Crippen molar-refractivity contribution in [2.45, 2.75) is 77.2 Å². The highest BCUT2D eigenvalue weighted by molar-refractivity contribution is 5.81. The Labute approximate surface area is 193 Å². The van der Waals surface area contributed by atoms with Crippen LogP contribution in [0.25, 0.3) is 11.1 Å². The van der Waals surface area contributed by atoms with Crippen LogP contribution in [0.3, 0.4) is 0 Å². The predicted octanol–water partition coefficient (Wildman–Crippen LogP) is 6.97. The summed E-state index contributed by atoms with van der Waals surface area (Å²) in [5.41, 5.74) is 5.82. The minimum Gasteiger partial charge on any atom is -0.462 e. The second-order valence-electron chi connectivity index (χ2n) is 9.11. The molecule has 1 fully saturated rings. The van der Waals surface area contributed by atoms with Crippen LogP contribution in [0.4, 0.5) is 0 Å². The van der Waals surface area contributed by atoms with Gasteiger partial charge in [0, 0.05) is 12.5 Å². The van der Waals surface area contributed by atoms with E-state index in [9.17, 15) is 9.90 Å². The molecule has 0 unspecified atom stereocenters. The summed E-state index contributed by atoms with van der Waals surface area (Å²) in [4.78, 5) is 11.5. The summed E-state index contributed by atoms with van der Waals surface area (Å²) in [5.74, 6) is 1.15. The number of unbranched alkanes of at least 4 members (excludes halogenated alkanes) is 2. The molecule has 0 heterocycles. The lowest BCUT2D eigenvalue weighted by molar-refractivity contribution is -0.137. The predicted molar refractivity (Wildman–Crippen MR) is 132 cm³/mol. The molecule has 1 saturated carbocycles. The molecule has 0 atom stereocenters. The zero-order chi connectivity index (χ0) is 22.8. The van der Waals surface area contributed by atoms with Gasteiger partial charge in [0.25, 0.3) is 0 Å². The van der Waals surface area contributed by atoms with E-state index in [-0.39, 0.29) is 12.6 Å². The maximum absolute atomic E-state index is 11.5. The first-order valence-corrected chi connectivity index (χ1v) is 12.3. The molecule has 3 rings (SSSR count). The molecule has 32 heavy (non-hydrogen) atoms. The average molecular weight is 435 g/mol. The van der Waals surface area contributed by atoms with Gasteiger partial charge >= 0.3 is 5.97 Å². The van der Waals surface area contributed by atoms with E-state index in [1.807, 2.05) is 12.1 Å². The van der Waals surface area contributed by atoms with Crippen LogP contribution in [0.5, 0.6) is 0 Å². The Morgan fingerprint density at radius 2 is 1.84 bits per heavy atom. The number of rotatable bonds is 11. The van der Waals surface area contributed by atoms with E-state index in [0.29, 0.717) is 18.9 Å². The quantitative estimate of drug-likeness (QED) is 0.236. The van der Waals surface area contributed by atoms with Crippen molar-refractivity contribution in [1.82, 2.24) is 0 Å². The van der Waals surface area contributed by atoms with Crippen LogP contribution in [0.2, 0.25) is 0 Å². The first-order chi connectivity index (χ1) is 15.6. The van der Waals surface area contributed by atoms with E-state index in [2.05, 4.69) is 43.8 Å². The van der Waals surface area contributed by atoms with Crippen LogP contribution >= 0.6 is 0 Å². The average Bonchev–Trinajstić information content (AvgIpc) is 2.84. The number of hydrogen-bond donors (Lipinski definition) is 1. The number of benzene rings is 2. The Morgan fingerprint density at radius 3 is 2.50 bits per heavy atom. The fourth-order valence-corrected chi connectivity index (χ4v) is 4.93. The maximum atomic E-state index is 11.5. The molecule has 1 aliphatic rings. The van der Waals surface area contributed by atoms with E-state index in [4.69, 9.17) is 4.74 Å². The van der Waals surface area contributed by atoms with Crippen molar-refractivity contribution < 1.29 is 14.6 Å².